The lowest BCUT2D eigenvalue weighted by molar-refractivity contribution is 0.161. The first-order valence-electron chi connectivity index (χ1n) is 7.31. The zero-order chi connectivity index (χ0) is 14.7. The number of rotatable bonds is 4. The lowest BCUT2D eigenvalue weighted by atomic mass is 9.90. The molecule has 0 bridgehead atoms. The molecule has 1 aromatic heterocycles. The molecule has 0 amide bonds. The van der Waals surface area contributed by atoms with Crippen LogP contribution in [0.4, 0.5) is 0 Å². The van der Waals surface area contributed by atoms with Gasteiger partial charge in [-0.05, 0) is 34.9 Å². The van der Waals surface area contributed by atoms with Crippen molar-refractivity contribution in [3.8, 4) is 0 Å². The highest BCUT2D eigenvalue weighted by molar-refractivity contribution is 5.85. The van der Waals surface area contributed by atoms with E-state index in [-0.39, 0.29) is 0 Å². The zero-order valence-corrected chi connectivity index (χ0v) is 12.1. The SMILES string of the molecule is CC(CC(O)c1cccc2cnccc12)c1ccccc1. The average molecular weight is 277 g/mol. The van der Waals surface area contributed by atoms with Gasteiger partial charge < -0.3 is 5.11 Å². The Balaban J connectivity index is 1.86. The highest BCUT2D eigenvalue weighted by Crippen LogP contribution is 2.31. The number of nitrogens with zero attached hydrogens (tertiary/aromatic N) is 1. The molecule has 2 heteroatoms. The average Bonchev–Trinajstić information content (AvgIpc) is 2.55. The number of hydrogen-bond donors (Lipinski definition) is 1. The van der Waals surface area contributed by atoms with Gasteiger partial charge in [0.05, 0.1) is 6.10 Å². The number of aliphatic hydroxyl groups is 1. The standard InChI is InChI=1S/C19H19NO/c1-14(15-6-3-2-4-7-15)12-19(21)18-9-5-8-16-13-20-11-10-17(16)18/h2-11,13-14,19,21H,12H2,1H3. The van der Waals surface area contributed by atoms with Crippen LogP contribution < -0.4 is 0 Å². The van der Waals surface area contributed by atoms with Crippen LogP contribution in [-0.4, -0.2) is 10.1 Å². The molecule has 0 spiro atoms. The van der Waals surface area contributed by atoms with Gasteiger partial charge in [0.15, 0.2) is 0 Å². The second-order valence-electron chi connectivity index (χ2n) is 5.51. The van der Waals surface area contributed by atoms with Crippen LogP contribution in [0.1, 0.15) is 36.5 Å². The van der Waals surface area contributed by atoms with Crippen molar-refractivity contribution in [2.24, 2.45) is 0 Å². The van der Waals surface area contributed by atoms with Crippen molar-refractivity contribution >= 4 is 10.8 Å². The maximum absolute atomic E-state index is 10.6. The molecule has 1 N–H and O–H groups in total. The molecular formula is C19H19NO. The van der Waals surface area contributed by atoms with Crippen LogP contribution in [0.25, 0.3) is 10.8 Å². The van der Waals surface area contributed by atoms with Gasteiger partial charge in [-0.3, -0.25) is 4.98 Å². The van der Waals surface area contributed by atoms with Crippen molar-refractivity contribution in [1.29, 1.82) is 0 Å². The molecule has 2 atom stereocenters. The smallest absolute Gasteiger partial charge is 0.0801 e. The maximum atomic E-state index is 10.6. The number of aromatic nitrogens is 1. The first-order chi connectivity index (χ1) is 10.3. The van der Waals surface area contributed by atoms with Crippen molar-refractivity contribution < 1.29 is 5.11 Å². The van der Waals surface area contributed by atoms with E-state index in [4.69, 9.17) is 0 Å². The summed E-state index contributed by atoms with van der Waals surface area (Å²) in [5.74, 6) is 0.318. The molecule has 0 saturated carbocycles. The molecule has 0 fully saturated rings. The van der Waals surface area contributed by atoms with E-state index in [1.807, 2.05) is 48.7 Å². The third-order valence-corrected chi connectivity index (χ3v) is 4.02. The molecule has 2 unspecified atom stereocenters. The van der Waals surface area contributed by atoms with Crippen LogP contribution in [-0.2, 0) is 0 Å². The molecule has 3 aromatic rings. The number of benzene rings is 2. The molecule has 0 saturated heterocycles. The Hall–Kier alpha value is -2.19. The lowest BCUT2D eigenvalue weighted by Crippen LogP contribution is -2.04. The van der Waals surface area contributed by atoms with Crippen molar-refractivity contribution in [2.45, 2.75) is 25.4 Å². The monoisotopic (exact) mass is 277 g/mol. The molecule has 1 heterocycles. The summed E-state index contributed by atoms with van der Waals surface area (Å²) in [6.07, 6.45) is 3.86. The summed E-state index contributed by atoms with van der Waals surface area (Å²) in [5.41, 5.74) is 2.25. The topological polar surface area (TPSA) is 33.1 Å². The number of fused-ring (bicyclic) bond motifs is 1. The van der Waals surface area contributed by atoms with Crippen LogP contribution in [0.5, 0.6) is 0 Å². The molecule has 3 rings (SSSR count). The fourth-order valence-corrected chi connectivity index (χ4v) is 2.82. The Morgan fingerprint density at radius 2 is 1.81 bits per heavy atom. The van der Waals surface area contributed by atoms with E-state index in [1.54, 1.807) is 6.20 Å². The first-order valence-corrected chi connectivity index (χ1v) is 7.31. The summed E-state index contributed by atoms with van der Waals surface area (Å²) in [6, 6.07) is 18.3. The zero-order valence-electron chi connectivity index (χ0n) is 12.1. The minimum atomic E-state index is -0.466. The Morgan fingerprint density at radius 3 is 2.62 bits per heavy atom. The van der Waals surface area contributed by atoms with Crippen LogP contribution in [0.3, 0.4) is 0 Å². The molecule has 0 aliphatic carbocycles. The largest absolute Gasteiger partial charge is 0.388 e. The van der Waals surface area contributed by atoms with E-state index >= 15 is 0 Å². The van der Waals surface area contributed by atoms with E-state index < -0.39 is 6.10 Å². The summed E-state index contributed by atoms with van der Waals surface area (Å²) in [7, 11) is 0. The van der Waals surface area contributed by atoms with Crippen LogP contribution in [0.15, 0.2) is 67.0 Å². The molecule has 2 nitrogen and oxygen atoms in total. The van der Waals surface area contributed by atoms with Gasteiger partial charge in [0, 0.05) is 17.8 Å². The number of pyridine rings is 1. The van der Waals surface area contributed by atoms with Gasteiger partial charge in [0.2, 0.25) is 0 Å². The lowest BCUT2D eigenvalue weighted by Gasteiger charge is -2.18. The van der Waals surface area contributed by atoms with Crippen molar-refractivity contribution in [1.82, 2.24) is 4.98 Å². The van der Waals surface area contributed by atoms with Gasteiger partial charge in [-0.1, -0.05) is 55.5 Å². The van der Waals surface area contributed by atoms with E-state index in [2.05, 4.69) is 24.0 Å². The van der Waals surface area contributed by atoms with Crippen LogP contribution >= 0.6 is 0 Å². The molecule has 0 radical (unpaired) electrons. The normalized spacial score (nSPS) is 14.0. The first kappa shape index (κ1) is 13.8. The van der Waals surface area contributed by atoms with Gasteiger partial charge in [0.1, 0.15) is 0 Å². The summed E-state index contributed by atoms with van der Waals surface area (Å²) < 4.78 is 0. The summed E-state index contributed by atoms with van der Waals surface area (Å²) in [5, 5.41) is 12.8. The van der Waals surface area contributed by atoms with E-state index in [0.717, 1.165) is 16.3 Å². The van der Waals surface area contributed by atoms with Gasteiger partial charge in [-0.2, -0.15) is 0 Å². The van der Waals surface area contributed by atoms with Crippen molar-refractivity contribution in [3.05, 3.63) is 78.1 Å². The Kier molecular flexibility index (Phi) is 3.98. The van der Waals surface area contributed by atoms with Crippen molar-refractivity contribution in [3.63, 3.8) is 0 Å². The van der Waals surface area contributed by atoms with E-state index in [9.17, 15) is 5.11 Å². The minimum absolute atomic E-state index is 0.318. The molecule has 2 aromatic carbocycles. The Bertz CT molecular complexity index is 718. The van der Waals surface area contributed by atoms with E-state index in [1.165, 1.54) is 5.56 Å². The Morgan fingerprint density at radius 1 is 1.00 bits per heavy atom. The van der Waals surface area contributed by atoms with Gasteiger partial charge in [0.25, 0.3) is 0 Å². The van der Waals surface area contributed by atoms with Gasteiger partial charge in [-0.25, -0.2) is 0 Å². The summed E-state index contributed by atoms with van der Waals surface area (Å²) in [4.78, 5) is 4.14. The van der Waals surface area contributed by atoms with E-state index in [0.29, 0.717) is 12.3 Å². The molecular weight excluding hydrogens is 258 g/mol. The predicted molar refractivity (Wildman–Crippen MR) is 86.2 cm³/mol. The fourth-order valence-electron chi connectivity index (χ4n) is 2.82. The van der Waals surface area contributed by atoms with Gasteiger partial charge >= 0.3 is 0 Å². The summed E-state index contributed by atoms with van der Waals surface area (Å²) in [6.45, 7) is 2.16. The highest BCUT2D eigenvalue weighted by Gasteiger charge is 2.15. The minimum Gasteiger partial charge on any atom is -0.388 e. The molecule has 21 heavy (non-hydrogen) atoms. The fraction of sp³-hybridized carbons (Fsp3) is 0.211. The Labute approximate surface area is 125 Å². The second kappa shape index (κ2) is 6.06. The quantitative estimate of drug-likeness (QED) is 0.763. The third-order valence-electron chi connectivity index (χ3n) is 4.02. The number of hydrogen-bond acceptors (Lipinski definition) is 2. The van der Waals surface area contributed by atoms with Crippen LogP contribution in [0.2, 0.25) is 0 Å². The second-order valence-corrected chi connectivity index (χ2v) is 5.51. The predicted octanol–water partition coefficient (Wildman–Crippen LogP) is 4.46. The third kappa shape index (κ3) is 2.96. The molecule has 0 aliphatic rings. The molecule has 106 valence electrons. The summed E-state index contributed by atoms with van der Waals surface area (Å²) >= 11 is 0. The van der Waals surface area contributed by atoms with Gasteiger partial charge in [-0.15, -0.1) is 0 Å². The number of aliphatic hydroxyl groups excluding tert-OH is 1. The highest BCUT2D eigenvalue weighted by atomic mass is 16.3. The molecule has 0 aliphatic heterocycles. The van der Waals surface area contributed by atoms with Crippen LogP contribution in [0, 0.1) is 0 Å². The van der Waals surface area contributed by atoms with Crippen molar-refractivity contribution in [2.75, 3.05) is 0 Å². The maximum Gasteiger partial charge on any atom is 0.0801 e.